The highest BCUT2D eigenvalue weighted by atomic mass is 16.5. The van der Waals surface area contributed by atoms with Gasteiger partial charge in [-0.3, -0.25) is 0 Å². The van der Waals surface area contributed by atoms with Crippen molar-refractivity contribution in [3.05, 3.63) is 53.3 Å². The van der Waals surface area contributed by atoms with Crippen molar-refractivity contribution >= 4 is 5.95 Å². The number of benzene rings is 1. The molecule has 1 aliphatic heterocycles. The van der Waals surface area contributed by atoms with Crippen LogP contribution in [0.2, 0.25) is 0 Å². The van der Waals surface area contributed by atoms with E-state index in [0.29, 0.717) is 0 Å². The van der Waals surface area contributed by atoms with Gasteiger partial charge in [0, 0.05) is 37.6 Å². The molecular weight excluding hydrogens is 304 g/mol. The Balaban J connectivity index is 1.41. The summed E-state index contributed by atoms with van der Waals surface area (Å²) in [6.07, 6.45) is 4.74. The Morgan fingerprint density at radius 2 is 1.67 bits per heavy atom. The number of ether oxygens (including phenoxy) is 1. The van der Waals surface area contributed by atoms with Gasteiger partial charge >= 0.3 is 0 Å². The molecule has 2 N–H and O–H groups in total. The van der Waals surface area contributed by atoms with Crippen LogP contribution in [-0.2, 0) is 24.3 Å². The van der Waals surface area contributed by atoms with Crippen LogP contribution in [0.25, 0.3) is 0 Å². The number of aliphatic hydroxyl groups excluding tert-OH is 1. The second kappa shape index (κ2) is 8.73. The number of nitrogens with one attached hydrogen (secondary N) is 1. The minimum Gasteiger partial charge on any atom is -0.392 e. The number of morpholine rings is 1. The van der Waals surface area contributed by atoms with Crippen LogP contribution < -0.4 is 10.2 Å². The molecule has 1 aromatic carbocycles. The minimum absolute atomic E-state index is 0.0962. The van der Waals surface area contributed by atoms with Crippen molar-refractivity contribution in [1.82, 2.24) is 15.3 Å². The minimum atomic E-state index is 0.0962. The van der Waals surface area contributed by atoms with Crippen LogP contribution in [0.3, 0.4) is 0 Å². The van der Waals surface area contributed by atoms with Crippen molar-refractivity contribution in [2.24, 2.45) is 0 Å². The van der Waals surface area contributed by atoms with Gasteiger partial charge in [-0.1, -0.05) is 24.3 Å². The maximum atomic E-state index is 9.04. The lowest BCUT2D eigenvalue weighted by Gasteiger charge is -2.26. The summed E-state index contributed by atoms with van der Waals surface area (Å²) >= 11 is 0. The molecule has 0 aliphatic carbocycles. The Morgan fingerprint density at radius 1 is 1.00 bits per heavy atom. The molecule has 0 unspecified atom stereocenters. The lowest BCUT2D eigenvalue weighted by Crippen LogP contribution is -2.37. The second-order valence-electron chi connectivity index (χ2n) is 5.89. The van der Waals surface area contributed by atoms with Crippen molar-refractivity contribution in [2.45, 2.75) is 19.6 Å². The summed E-state index contributed by atoms with van der Waals surface area (Å²) in [5.74, 6) is 0.783. The zero-order valence-corrected chi connectivity index (χ0v) is 13.8. The van der Waals surface area contributed by atoms with Crippen LogP contribution in [-0.4, -0.2) is 47.9 Å². The highest BCUT2D eigenvalue weighted by Gasteiger charge is 2.13. The largest absolute Gasteiger partial charge is 0.392 e. The van der Waals surface area contributed by atoms with E-state index >= 15 is 0 Å². The van der Waals surface area contributed by atoms with E-state index in [-0.39, 0.29) is 6.61 Å². The molecule has 0 saturated carbocycles. The fourth-order valence-corrected chi connectivity index (χ4v) is 2.64. The van der Waals surface area contributed by atoms with Crippen LogP contribution in [0.5, 0.6) is 0 Å². The number of nitrogens with zero attached hydrogens (tertiary/aromatic N) is 3. The molecule has 128 valence electrons. The lowest BCUT2D eigenvalue weighted by molar-refractivity contribution is 0.122. The van der Waals surface area contributed by atoms with E-state index in [2.05, 4.69) is 32.3 Å². The second-order valence-corrected chi connectivity index (χ2v) is 5.89. The molecule has 2 aromatic rings. The van der Waals surface area contributed by atoms with Gasteiger partial charge < -0.3 is 20.1 Å². The average Bonchev–Trinajstić information content (AvgIpc) is 2.67. The highest BCUT2D eigenvalue weighted by Crippen LogP contribution is 2.09. The van der Waals surface area contributed by atoms with Crippen LogP contribution in [0, 0.1) is 0 Å². The summed E-state index contributed by atoms with van der Waals surface area (Å²) in [6, 6.07) is 8.06. The fourth-order valence-electron chi connectivity index (χ4n) is 2.64. The van der Waals surface area contributed by atoms with E-state index in [4.69, 9.17) is 9.84 Å². The zero-order chi connectivity index (χ0) is 16.6. The van der Waals surface area contributed by atoms with Gasteiger partial charge in [0.05, 0.1) is 19.8 Å². The number of hydrogen-bond acceptors (Lipinski definition) is 6. The molecule has 2 heterocycles. The number of aromatic nitrogens is 2. The van der Waals surface area contributed by atoms with E-state index in [9.17, 15) is 0 Å². The van der Waals surface area contributed by atoms with Crippen LogP contribution in [0.1, 0.15) is 16.7 Å². The zero-order valence-electron chi connectivity index (χ0n) is 13.8. The van der Waals surface area contributed by atoms with E-state index in [1.54, 1.807) is 0 Å². The molecule has 1 aliphatic rings. The summed E-state index contributed by atoms with van der Waals surface area (Å²) < 4.78 is 5.34. The highest BCUT2D eigenvalue weighted by molar-refractivity contribution is 5.30. The molecule has 0 atom stereocenters. The third kappa shape index (κ3) is 4.74. The first-order valence-electron chi connectivity index (χ1n) is 8.38. The molecule has 3 rings (SSSR count). The van der Waals surface area contributed by atoms with Gasteiger partial charge in [-0.15, -0.1) is 0 Å². The van der Waals surface area contributed by atoms with Crippen LogP contribution >= 0.6 is 0 Å². The van der Waals surface area contributed by atoms with E-state index in [0.717, 1.165) is 62.9 Å². The first-order valence-corrected chi connectivity index (χ1v) is 8.38. The monoisotopic (exact) mass is 328 g/mol. The molecule has 0 spiro atoms. The Labute approximate surface area is 142 Å². The molecular formula is C18H24N4O2. The lowest BCUT2D eigenvalue weighted by atomic mass is 10.1. The normalized spacial score (nSPS) is 14.8. The number of aliphatic hydroxyl groups is 1. The topological polar surface area (TPSA) is 70.5 Å². The molecule has 0 bridgehead atoms. The van der Waals surface area contributed by atoms with Gasteiger partial charge in [0.1, 0.15) is 0 Å². The summed E-state index contributed by atoms with van der Waals surface area (Å²) in [5, 5.41) is 12.5. The third-order valence-corrected chi connectivity index (χ3v) is 4.11. The summed E-state index contributed by atoms with van der Waals surface area (Å²) in [5.41, 5.74) is 3.30. The van der Waals surface area contributed by atoms with Gasteiger partial charge in [-0.2, -0.15) is 0 Å². The van der Waals surface area contributed by atoms with Crippen molar-refractivity contribution in [3.8, 4) is 0 Å². The Morgan fingerprint density at radius 3 is 2.33 bits per heavy atom. The number of rotatable bonds is 7. The van der Waals surface area contributed by atoms with Gasteiger partial charge in [0.15, 0.2) is 0 Å². The third-order valence-electron chi connectivity index (χ3n) is 4.11. The number of anilines is 1. The number of hydrogen-bond donors (Lipinski definition) is 2. The first kappa shape index (κ1) is 16.8. The SMILES string of the molecule is OCc1ccc(CCNCc2cnc(N3CCOCC3)nc2)cc1. The van der Waals surface area contributed by atoms with Gasteiger partial charge in [0.2, 0.25) is 5.95 Å². The summed E-state index contributed by atoms with van der Waals surface area (Å²) in [4.78, 5) is 11.1. The maximum absolute atomic E-state index is 9.04. The van der Waals surface area contributed by atoms with Crippen molar-refractivity contribution in [2.75, 3.05) is 37.7 Å². The van der Waals surface area contributed by atoms with Crippen molar-refractivity contribution in [3.63, 3.8) is 0 Å². The summed E-state index contributed by atoms with van der Waals surface area (Å²) in [6.45, 7) is 4.94. The average molecular weight is 328 g/mol. The Bertz CT molecular complexity index is 610. The molecule has 24 heavy (non-hydrogen) atoms. The van der Waals surface area contributed by atoms with Crippen molar-refractivity contribution < 1.29 is 9.84 Å². The van der Waals surface area contributed by atoms with Gasteiger partial charge in [0.25, 0.3) is 0 Å². The van der Waals surface area contributed by atoms with Gasteiger partial charge in [-0.25, -0.2) is 9.97 Å². The Kier molecular flexibility index (Phi) is 6.12. The smallest absolute Gasteiger partial charge is 0.225 e. The first-order chi connectivity index (χ1) is 11.8. The maximum Gasteiger partial charge on any atom is 0.225 e. The van der Waals surface area contributed by atoms with Crippen molar-refractivity contribution in [1.29, 1.82) is 0 Å². The van der Waals surface area contributed by atoms with Crippen LogP contribution in [0.15, 0.2) is 36.7 Å². The van der Waals surface area contributed by atoms with E-state index in [1.165, 1.54) is 5.56 Å². The van der Waals surface area contributed by atoms with Gasteiger partial charge in [-0.05, 0) is 24.1 Å². The Hall–Kier alpha value is -2.02. The molecule has 1 aromatic heterocycles. The quantitative estimate of drug-likeness (QED) is 0.743. The van der Waals surface area contributed by atoms with E-state index in [1.807, 2.05) is 24.5 Å². The molecule has 0 amide bonds. The molecule has 6 nitrogen and oxygen atoms in total. The summed E-state index contributed by atoms with van der Waals surface area (Å²) in [7, 11) is 0. The molecule has 0 radical (unpaired) electrons. The molecule has 6 heteroatoms. The molecule has 1 saturated heterocycles. The molecule has 1 fully saturated rings. The fraction of sp³-hybridized carbons (Fsp3) is 0.444. The predicted octanol–water partition coefficient (Wildman–Crippen LogP) is 1.14. The predicted molar refractivity (Wildman–Crippen MR) is 92.8 cm³/mol. The van der Waals surface area contributed by atoms with E-state index < -0.39 is 0 Å². The standard InChI is InChI=1S/C18H24N4O2/c23-14-16-3-1-15(2-4-16)5-6-19-11-17-12-20-18(21-13-17)22-7-9-24-10-8-22/h1-4,12-13,19,23H,5-11,14H2. The van der Waals surface area contributed by atoms with Crippen LogP contribution in [0.4, 0.5) is 5.95 Å².